The zero-order valence-electron chi connectivity index (χ0n) is 39.5. The number of hydrogen-bond donors (Lipinski definition) is 14. The zero-order chi connectivity index (χ0) is 53.7. The number of phosphoric acid groups is 1. The van der Waals surface area contributed by atoms with Crippen LogP contribution in [-0.2, 0) is 68.2 Å². The van der Waals surface area contributed by atoms with Crippen molar-refractivity contribution in [1.29, 1.82) is 0 Å². The van der Waals surface area contributed by atoms with Crippen LogP contribution in [-0.4, -0.2) is 160 Å². The second-order valence-electron chi connectivity index (χ2n) is 16.5. The Morgan fingerprint density at radius 2 is 1.23 bits per heavy atom. The molecule has 29 heteroatoms. The second-order valence-corrected chi connectivity index (χ2v) is 19.7. The summed E-state index contributed by atoms with van der Waals surface area (Å²) in [5, 5.41) is 36.4. The van der Waals surface area contributed by atoms with Gasteiger partial charge in [0.2, 0.25) is 5.91 Å². The van der Waals surface area contributed by atoms with Crippen molar-refractivity contribution in [3.8, 4) is 0 Å². The van der Waals surface area contributed by atoms with Gasteiger partial charge < -0.3 is 35.7 Å². The summed E-state index contributed by atoms with van der Waals surface area (Å²) in [4.78, 5) is 165. The van der Waals surface area contributed by atoms with Gasteiger partial charge in [0, 0.05) is 23.5 Å². The molecule has 0 aliphatic carbocycles. The molecule has 8 amide bonds. The van der Waals surface area contributed by atoms with E-state index in [4.69, 9.17) is 11.5 Å². The average Bonchev–Trinajstić information content (AvgIpc) is 3.69. The number of carbonyl (C=O) groups is 11. The Balaban J connectivity index is 2.42. The average molecular weight is 1090 g/mol. The van der Waals surface area contributed by atoms with Gasteiger partial charge in [-0.15, -0.1) is 0 Å². The van der Waals surface area contributed by atoms with Crippen LogP contribution in [0.4, 0.5) is 0 Å². The summed E-state index contributed by atoms with van der Waals surface area (Å²) in [6.45, 7) is 5.39. The SMILES string of the molecule is CC[C@H](C)[C@H](NC(=O)[C@H](CC[Se]C)NC(=O)[C@H](CCC(N)=O)NC(=O)[C@@H](NC(=O)[C@H](CC(=O)O)NC(=O)[C@H](C)N)[C@@H](C)OP(=O)(O)O)C(=O)N[C@@H](CC(=O)O)C(=O)N[C@H](C=O)Cc1c[nH]c2ccccc12. The first-order valence-electron chi connectivity index (χ1n) is 22.0. The van der Waals surface area contributed by atoms with Crippen molar-refractivity contribution in [1.82, 2.24) is 42.2 Å². The van der Waals surface area contributed by atoms with Gasteiger partial charge in [-0.2, -0.15) is 0 Å². The Bertz CT molecular complexity index is 2290. The number of fused-ring (bicyclic) bond motifs is 1. The van der Waals surface area contributed by atoms with E-state index in [0.29, 0.717) is 17.2 Å². The van der Waals surface area contributed by atoms with Crippen molar-refractivity contribution in [2.45, 2.75) is 138 Å². The molecule has 2 rings (SSSR count). The molecule has 1 aromatic heterocycles. The minimum absolute atomic E-state index is 0.0179. The van der Waals surface area contributed by atoms with Gasteiger partial charge in [0.05, 0.1) is 12.5 Å². The Morgan fingerprint density at radius 3 is 1.76 bits per heavy atom. The van der Waals surface area contributed by atoms with Crippen LogP contribution in [0.15, 0.2) is 30.5 Å². The number of nitrogens with one attached hydrogen (secondary N) is 8. The number of primary amides is 1. The summed E-state index contributed by atoms with van der Waals surface area (Å²) in [6.07, 6.45) is -2.70. The van der Waals surface area contributed by atoms with E-state index in [9.17, 15) is 77.3 Å². The molecule has 1 aromatic carbocycles. The van der Waals surface area contributed by atoms with Crippen molar-refractivity contribution in [3.63, 3.8) is 0 Å². The molecule has 0 saturated heterocycles. The summed E-state index contributed by atoms with van der Waals surface area (Å²) in [5.41, 5.74) is 12.3. The number of H-pyrrole nitrogens is 1. The van der Waals surface area contributed by atoms with Crippen LogP contribution in [0.1, 0.15) is 71.8 Å². The van der Waals surface area contributed by atoms with Gasteiger partial charge in [-0.25, -0.2) is 4.57 Å². The van der Waals surface area contributed by atoms with Crippen LogP contribution >= 0.6 is 7.82 Å². The number of aldehydes is 1. The van der Waals surface area contributed by atoms with Gasteiger partial charge in [-0.05, 0) is 18.6 Å². The van der Waals surface area contributed by atoms with Crippen LogP contribution in [0.5, 0.6) is 0 Å². The predicted molar refractivity (Wildman–Crippen MR) is 251 cm³/mol. The number of aromatic nitrogens is 1. The van der Waals surface area contributed by atoms with Crippen LogP contribution in [0.25, 0.3) is 10.9 Å². The summed E-state index contributed by atoms with van der Waals surface area (Å²) in [5.74, 6) is -10.7. The van der Waals surface area contributed by atoms with Gasteiger partial charge in [0.1, 0.15) is 6.29 Å². The van der Waals surface area contributed by atoms with Gasteiger partial charge >= 0.3 is 280 Å². The molecule has 0 radical (unpaired) electrons. The molecule has 2 aromatic rings. The summed E-state index contributed by atoms with van der Waals surface area (Å²) < 4.78 is 16.4. The molecule has 0 unspecified atom stereocenters. The summed E-state index contributed by atoms with van der Waals surface area (Å²) in [6, 6.07) is -5.66. The van der Waals surface area contributed by atoms with Crippen molar-refractivity contribution < 1.29 is 81.8 Å². The van der Waals surface area contributed by atoms with E-state index < -0.39 is 153 Å². The number of phosphoric ester groups is 1. The fraction of sp³-hybridized carbons (Fsp3) is 0.548. The second kappa shape index (κ2) is 29.2. The van der Waals surface area contributed by atoms with E-state index in [2.05, 4.69) is 46.7 Å². The number of carboxylic acid groups (broad SMARTS) is 2. The predicted octanol–water partition coefficient (Wildman–Crippen LogP) is -3.03. The fourth-order valence-electron chi connectivity index (χ4n) is 6.76. The molecule has 0 aliphatic rings. The number of aliphatic carboxylic acids is 2. The van der Waals surface area contributed by atoms with Crippen LogP contribution in [0.2, 0.25) is 11.1 Å². The van der Waals surface area contributed by atoms with E-state index >= 15 is 0 Å². The third-order valence-electron chi connectivity index (χ3n) is 10.7. The first-order chi connectivity index (χ1) is 33.2. The maximum absolute atomic E-state index is 14.1. The molecule has 27 nitrogen and oxygen atoms in total. The number of nitrogens with two attached hydrogens (primary N) is 2. The monoisotopic (exact) mass is 1090 g/mol. The molecule has 0 saturated carbocycles. The molecular weight excluding hydrogens is 1030 g/mol. The Labute approximate surface area is 413 Å². The van der Waals surface area contributed by atoms with E-state index in [1.165, 1.54) is 6.92 Å². The van der Waals surface area contributed by atoms with E-state index in [0.717, 1.165) is 17.8 Å². The minimum atomic E-state index is -5.42. The Morgan fingerprint density at radius 1 is 0.732 bits per heavy atom. The number of hydrogen-bond acceptors (Lipinski definition) is 14. The molecule has 1 heterocycles. The molecule has 0 fully saturated rings. The van der Waals surface area contributed by atoms with Gasteiger partial charge in [-0.1, -0.05) is 18.2 Å². The first-order valence-corrected chi connectivity index (χ1v) is 26.5. The number of benzene rings is 1. The molecule has 394 valence electrons. The number of carbonyl (C=O) groups excluding carboxylic acids is 9. The fourth-order valence-corrected chi connectivity index (χ4v) is 8.31. The zero-order valence-corrected chi connectivity index (χ0v) is 42.1. The van der Waals surface area contributed by atoms with E-state index in [-0.39, 0.29) is 34.2 Å². The van der Waals surface area contributed by atoms with Gasteiger partial charge in [0.15, 0.2) is 0 Å². The Hall–Kier alpha value is -6.28. The topological polar surface area (TPSA) is 447 Å². The normalized spacial score (nSPS) is 15.6. The smallest absolute Gasteiger partial charge is 0.361 e. The molecule has 16 N–H and O–H groups in total. The molecule has 10 atom stereocenters. The molecular formula is C42H63N10O17PSe. The summed E-state index contributed by atoms with van der Waals surface area (Å²) >= 11 is -0.109. The van der Waals surface area contributed by atoms with Crippen LogP contribution in [0, 0.1) is 5.92 Å². The number of para-hydroxylation sites is 1. The van der Waals surface area contributed by atoms with Crippen molar-refractivity contribution in [3.05, 3.63) is 36.0 Å². The number of rotatable bonds is 32. The van der Waals surface area contributed by atoms with Gasteiger partial charge in [-0.3, -0.25) is 9.59 Å². The molecule has 71 heavy (non-hydrogen) atoms. The number of carboxylic acids is 2. The van der Waals surface area contributed by atoms with E-state index in [1.54, 1.807) is 38.2 Å². The maximum atomic E-state index is 14.1. The van der Waals surface area contributed by atoms with Crippen molar-refractivity contribution in [2.24, 2.45) is 17.4 Å². The number of amides is 8. The Kier molecular flexibility index (Phi) is 25.0. The summed E-state index contributed by atoms with van der Waals surface area (Å²) in [7, 11) is -5.42. The molecule has 0 bridgehead atoms. The van der Waals surface area contributed by atoms with Crippen LogP contribution < -0.4 is 48.7 Å². The van der Waals surface area contributed by atoms with Crippen LogP contribution in [0.3, 0.4) is 0 Å². The number of aromatic amines is 1. The molecule has 0 aliphatic heterocycles. The van der Waals surface area contributed by atoms with Gasteiger partial charge in [0.25, 0.3) is 0 Å². The van der Waals surface area contributed by atoms with Crippen molar-refractivity contribution >= 4 is 99.2 Å². The van der Waals surface area contributed by atoms with E-state index in [1.807, 2.05) is 11.9 Å². The minimum Gasteiger partial charge on any atom is -0.361 e. The third-order valence-corrected chi connectivity index (χ3v) is 12.7. The van der Waals surface area contributed by atoms with Crippen molar-refractivity contribution in [2.75, 3.05) is 0 Å². The quantitative estimate of drug-likeness (QED) is 0.0197. The molecule has 0 spiro atoms. The standard InChI is InChI=1S/C42H63N10O17PSe/c1-6-20(2)34(41(64)50-29(16-32(55)56)39(62)46-24(19-53)15-23-18-45-26-10-8-7-9-25(23)26)51-38(61)28(13-14-71-5)47-37(60)27(11-12-31(44)54)48-42(65)35(22(4)69-70(66,67)68)52-40(63)30(17-33(57)58)49-36(59)21(3)43/h7-10,18-22,24,27-30,34-35,45H,6,11-17,43H2,1-5H3,(H2,44,54)(H,46,62)(H,47,60)(H,48,65)(H,49,59)(H,50,64)(H,51,61)(H,52,63)(H,55,56)(H,57,58)(H2,66,67,68)/t20-,21-,22+,24-,27-,28-,29-,30-,34-,35-/m0/s1. The first kappa shape index (κ1) is 60.8. The third kappa shape index (κ3) is 20.9.